The molecule has 0 bridgehead atoms. The average Bonchev–Trinajstić information content (AvgIpc) is 3.15. The zero-order valence-electron chi connectivity index (χ0n) is 17.6. The van der Waals surface area contributed by atoms with Gasteiger partial charge >= 0.3 is 5.92 Å². The van der Waals surface area contributed by atoms with Crippen molar-refractivity contribution < 1.29 is 13.2 Å². The minimum atomic E-state index is -3.24. The average molecular weight is 451 g/mol. The molecule has 3 aromatic rings. The van der Waals surface area contributed by atoms with Crippen LogP contribution in [0.15, 0.2) is 53.3 Å². The van der Waals surface area contributed by atoms with E-state index in [1.807, 2.05) is 0 Å². The molecule has 0 fully saturated rings. The number of anilines is 1. The maximum Gasteiger partial charge on any atom is 0.300 e. The summed E-state index contributed by atoms with van der Waals surface area (Å²) in [4.78, 5) is 23.6. The van der Waals surface area contributed by atoms with Gasteiger partial charge in [0.25, 0.3) is 5.56 Å². The Morgan fingerprint density at radius 3 is 2.58 bits per heavy atom. The Hall–Kier alpha value is -3.64. The maximum absolute atomic E-state index is 15.4. The van der Waals surface area contributed by atoms with Crippen molar-refractivity contribution in [3.8, 4) is 0 Å². The van der Waals surface area contributed by atoms with Crippen molar-refractivity contribution in [2.24, 2.45) is 0 Å². The van der Waals surface area contributed by atoms with Gasteiger partial charge in [0.15, 0.2) is 5.69 Å². The van der Waals surface area contributed by atoms with Crippen molar-refractivity contribution in [2.75, 3.05) is 18.0 Å². The van der Waals surface area contributed by atoms with E-state index in [-0.39, 0.29) is 49.2 Å². The summed E-state index contributed by atoms with van der Waals surface area (Å²) in [5, 5.41) is 0. The van der Waals surface area contributed by atoms with E-state index in [1.54, 1.807) is 41.3 Å². The van der Waals surface area contributed by atoms with Crippen LogP contribution in [0.25, 0.3) is 4.85 Å². The summed E-state index contributed by atoms with van der Waals surface area (Å²) in [5.74, 6) is -3.42. The first-order valence-corrected chi connectivity index (χ1v) is 10.5. The lowest BCUT2D eigenvalue weighted by Gasteiger charge is -2.35. The molecule has 0 atom stereocenters. The second-order valence-corrected chi connectivity index (χ2v) is 8.38. The van der Waals surface area contributed by atoms with E-state index in [2.05, 4.69) is 9.83 Å². The lowest BCUT2D eigenvalue weighted by Crippen LogP contribution is -2.45. The van der Waals surface area contributed by atoms with Gasteiger partial charge in [-0.2, -0.15) is 13.8 Å². The second-order valence-electron chi connectivity index (χ2n) is 8.38. The third-order valence-electron chi connectivity index (χ3n) is 5.99. The first-order chi connectivity index (χ1) is 15.8. The molecule has 33 heavy (non-hydrogen) atoms. The number of aromatic nitrogens is 2. The highest BCUT2D eigenvalue weighted by Gasteiger charge is 2.46. The zero-order chi connectivity index (χ0) is 23.2. The molecule has 5 rings (SSSR count). The highest BCUT2D eigenvalue weighted by Crippen LogP contribution is 2.38. The molecule has 0 N–H and O–H groups in total. The van der Waals surface area contributed by atoms with E-state index in [0.29, 0.717) is 17.8 Å². The van der Waals surface area contributed by atoms with E-state index in [0.717, 1.165) is 5.56 Å². The molecule has 0 aliphatic carbocycles. The minimum Gasteiger partial charge on any atom is -0.336 e. The number of benzene rings is 2. The Labute approximate surface area is 188 Å². The van der Waals surface area contributed by atoms with E-state index < -0.39 is 18.0 Å². The van der Waals surface area contributed by atoms with Crippen molar-refractivity contribution in [1.82, 2.24) is 14.5 Å². The van der Waals surface area contributed by atoms with Gasteiger partial charge in [-0.1, -0.05) is 36.4 Å². The summed E-state index contributed by atoms with van der Waals surface area (Å²) in [6.45, 7) is 7.82. The molecule has 0 spiro atoms. The smallest absolute Gasteiger partial charge is 0.300 e. The quantitative estimate of drug-likeness (QED) is 0.562. The van der Waals surface area contributed by atoms with Gasteiger partial charge in [0.2, 0.25) is 5.95 Å². The van der Waals surface area contributed by atoms with Crippen LogP contribution in [0, 0.1) is 12.4 Å². The Kier molecular flexibility index (Phi) is 5.17. The molecule has 0 unspecified atom stereocenters. The summed E-state index contributed by atoms with van der Waals surface area (Å²) >= 11 is 0. The van der Waals surface area contributed by atoms with Crippen molar-refractivity contribution in [3.63, 3.8) is 0 Å². The largest absolute Gasteiger partial charge is 0.336 e. The Morgan fingerprint density at radius 1 is 1.06 bits per heavy atom. The van der Waals surface area contributed by atoms with Crippen molar-refractivity contribution in [1.29, 1.82) is 0 Å². The molecule has 2 aliphatic heterocycles. The fourth-order valence-electron chi connectivity index (χ4n) is 4.65. The van der Waals surface area contributed by atoms with Crippen LogP contribution in [-0.4, -0.2) is 27.5 Å². The fourth-order valence-corrected chi connectivity index (χ4v) is 4.65. The maximum atomic E-state index is 15.4. The molecule has 9 heteroatoms. The number of rotatable bonds is 4. The van der Waals surface area contributed by atoms with Gasteiger partial charge in [0.1, 0.15) is 11.5 Å². The molecule has 2 aliphatic rings. The van der Waals surface area contributed by atoms with Crippen molar-refractivity contribution in [2.45, 2.75) is 32.1 Å². The van der Waals surface area contributed by atoms with Crippen LogP contribution in [0.5, 0.6) is 0 Å². The normalized spacial score (nSPS) is 16.8. The van der Waals surface area contributed by atoms with Crippen LogP contribution >= 0.6 is 0 Å². The van der Waals surface area contributed by atoms with E-state index in [9.17, 15) is 9.18 Å². The number of hydrogen-bond donors (Lipinski definition) is 0. The molecule has 0 saturated carbocycles. The summed E-state index contributed by atoms with van der Waals surface area (Å²) < 4.78 is 45.8. The summed E-state index contributed by atoms with van der Waals surface area (Å²) in [6.07, 6.45) is 0. The SMILES string of the molecule is [C-]#[N+]c1cccc(CN2Cc3c(n4c(nc3=O)N(Cc3cccc(F)c3)CC4)C(F)(F)C2)c1. The first kappa shape index (κ1) is 21.2. The summed E-state index contributed by atoms with van der Waals surface area (Å²) in [7, 11) is 0. The molecule has 0 saturated heterocycles. The van der Waals surface area contributed by atoms with Gasteiger partial charge in [-0.05, 0) is 23.3 Å². The Balaban J connectivity index is 1.46. The highest BCUT2D eigenvalue weighted by molar-refractivity contribution is 5.47. The second kappa shape index (κ2) is 8.05. The summed E-state index contributed by atoms with van der Waals surface area (Å²) in [5.41, 5.74) is 0.916. The fraction of sp³-hybridized carbons (Fsp3) is 0.292. The molecule has 3 heterocycles. The minimum absolute atomic E-state index is 0.00365. The van der Waals surface area contributed by atoms with Gasteiger partial charge in [-0.15, -0.1) is 0 Å². The molecule has 168 valence electrons. The van der Waals surface area contributed by atoms with E-state index >= 15 is 8.78 Å². The first-order valence-electron chi connectivity index (χ1n) is 10.5. The lowest BCUT2D eigenvalue weighted by molar-refractivity contribution is -0.0621. The highest BCUT2D eigenvalue weighted by atomic mass is 19.3. The van der Waals surface area contributed by atoms with Crippen LogP contribution in [0.3, 0.4) is 0 Å². The van der Waals surface area contributed by atoms with Crippen LogP contribution in [0.1, 0.15) is 22.4 Å². The number of fused-ring (bicyclic) bond motifs is 3. The van der Waals surface area contributed by atoms with Gasteiger partial charge in [0.05, 0.1) is 18.7 Å². The standard InChI is InChI=1S/C24H20F3N5O/c1-28-19-7-3-5-17(11-19)12-30-14-20-21(24(26,27)15-30)32-9-8-31(23(32)29-22(20)33)13-16-4-2-6-18(25)10-16/h2-7,10-11H,8-9,12-15H2. The topological polar surface area (TPSA) is 45.7 Å². The van der Waals surface area contributed by atoms with Crippen molar-refractivity contribution in [3.05, 3.63) is 98.5 Å². The molecule has 6 nitrogen and oxygen atoms in total. The third kappa shape index (κ3) is 3.98. The molecular weight excluding hydrogens is 431 g/mol. The lowest BCUT2D eigenvalue weighted by atomic mass is 10.0. The van der Waals surface area contributed by atoms with Crippen LogP contribution in [-0.2, 0) is 32.1 Å². The van der Waals surface area contributed by atoms with Crippen LogP contribution in [0.4, 0.5) is 24.8 Å². The number of alkyl halides is 2. The predicted octanol–water partition coefficient (Wildman–Crippen LogP) is 4.06. The van der Waals surface area contributed by atoms with Gasteiger partial charge in [-0.3, -0.25) is 9.69 Å². The number of hydrogen-bond acceptors (Lipinski definition) is 4. The Morgan fingerprint density at radius 2 is 1.82 bits per heavy atom. The monoisotopic (exact) mass is 451 g/mol. The van der Waals surface area contributed by atoms with E-state index in [1.165, 1.54) is 21.6 Å². The van der Waals surface area contributed by atoms with Gasteiger partial charge in [0, 0.05) is 32.7 Å². The van der Waals surface area contributed by atoms with E-state index in [4.69, 9.17) is 6.57 Å². The zero-order valence-corrected chi connectivity index (χ0v) is 17.6. The Bertz CT molecular complexity index is 1330. The number of nitrogens with zero attached hydrogens (tertiary/aromatic N) is 5. The molecule has 0 radical (unpaired) electrons. The molecule has 2 aromatic carbocycles. The molecule has 0 amide bonds. The van der Waals surface area contributed by atoms with Gasteiger partial charge < -0.3 is 9.47 Å². The van der Waals surface area contributed by atoms with Crippen LogP contribution in [0.2, 0.25) is 0 Å². The van der Waals surface area contributed by atoms with Crippen molar-refractivity contribution >= 4 is 11.6 Å². The third-order valence-corrected chi connectivity index (χ3v) is 5.99. The predicted molar refractivity (Wildman–Crippen MR) is 117 cm³/mol. The molecular formula is C24H20F3N5O. The summed E-state index contributed by atoms with van der Waals surface area (Å²) in [6, 6.07) is 12.9. The van der Waals surface area contributed by atoms with Gasteiger partial charge in [-0.25, -0.2) is 9.24 Å². The molecule has 1 aromatic heterocycles. The van der Waals surface area contributed by atoms with Crippen LogP contribution < -0.4 is 10.5 Å². The number of halogens is 3.